The zero-order chi connectivity index (χ0) is 24.3. The van der Waals surface area contributed by atoms with Gasteiger partial charge in [-0.15, -0.1) is 0 Å². The quantitative estimate of drug-likeness (QED) is 0.720. The van der Waals surface area contributed by atoms with Gasteiger partial charge in [0.25, 0.3) is 0 Å². The molecule has 2 fully saturated rings. The van der Waals surface area contributed by atoms with Crippen molar-refractivity contribution in [3.63, 3.8) is 0 Å². The first-order valence-corrected chi connectivity index (χ1v) is 11.5. The van der Waals surface area contributed by atoms with Crippen LogP contribution in [0.4, 0.5) is 18.9 Å². The second-order valence-electron chi connectivity index (χ2n) is 9.10. The number of nitrogens with one attached hydrogen (secondary N) is 1. The van der Waals surface area contributed by atoms with E-state index in [0.29, 0.717) is 24.7 Å². The second-order valence-corrected chi connectivity index (χ2v) is 9.10. The summed E-state index contributed by atoms with van der Waals surface area (Å²) in [6, 6.07) is 9.42. The lowest BCUT2D eigenvalue weighted by molar-refractivity contribution is -0.137. The van der Waals surface area contributed by atoms with Crippen molar-refractivity contribution < 1.29 is 18.0 Å². The molecule has 0 aliphatic carbocycles. The summed E-state index contributed by atoms with van der Waals surface area (Å²) in [4.78, 5) is 21.1. The predicted octanol–water partition coefficient (Wildman–Crippen LogP) is 3.68. The summed E-state index contributed by atoms with van der Waals surface area (Å²) in [6.07, 6.45) is 0.893. The van der Waals surface area contributed by atoms with Crippen LogP contribution in [0.1, 0.15) is 29.5 Å². The number of nitrogens with zero attached hydrogens (tertiary/aromatic N) is 4. The van der Waals surface area contributed by atoms with Crippen LogP contribution in [0.5, 0.6) is 0 Å². The van der Waals surface area contributed by atoms with E-state index in [4.69, 9.17) is 5.26 Å². The van der Waals surface area contributed by atoms with Gasteiger partial charge in [0.05, 0.1) is 23.1 Å². The zero-order valence-corrected chi connectivity index (χ0v) is 19.1. The second kappa shape index (κ2) is 10.0. The number of anilines is 1. The molecular formula is C25H28F3N5O. The third kappa shape index (κ3) is 5.17. The van der Waals surface area contributed by atoms with Crippen molar-refractivity contribution in [3.8, 4) is 6.07 Å². The average Bonchev–Trinajstić information content (AvgIpc) is 3.29. The number of pyridine rings is 1. The van der Waals surface area contributed by atoms with E-state index in [-0.39, 0.29) is 17.7 Å². The summed E-state index contributed by atoms with van der Waals surface area (Å²) in [5.41, 5.74) is 0.237. The van der Waals surface area contributed by atoms with Crippen molar-refractivity contribution in [1.29, 1.82) is 5.26 Å². The molecule has 34 heavy (non-hydrogen) atoms. The summed E-state index contributed by atoms with van der Waals surface area (Å²) in [5.74, 6) is 0.0169. The molecule has 0 saturated carbocycles. The Bertz CT molecular complexity index is 1040. The van der Waals surface area contributed by atoms with E-state index in [0.717, 1.165) is 44.1 Å². The maximum Gasteiger partial charge on any atom is 0.417 e. The van der Waals surface area contributed by atoms with Gasteiger partial charge < -0.3 is 10.2 Å². The fraction of sp³-hybridized carbons (Fsp3) is 0.480. The molecule has 2 aliphatic heterocycles. The van der Waals surface area contributed by atoms with Crippen molar-refractivity contribution in [2.75, 3.05) is 38.1 Å². The molecule has 4 rings (SSSR count). The SMILES string of the molecule is CNC(=O)[C@@H]1CN(c2ccc(C#N)c(C(F)(F)F)c2)C[C@H]1C1CCN(Cc2cccnc2)CC1. The van der Waals surface area contributed by atoms with Crippen LogP contribution in [0, 0.1) is 29.1 Å². The standard InChI is InChI=1S/C25H28F3N5O/c1-30-24(34)22-16-33(20-5-4-19(12-29)23(11-20)25(26,27)28)15-21(22)18-6-9-32(10-7-18)14-17-3-2-8-31-13-17/h2-5,8,11,13,18,21-22H,6-7,9-10,14-16H2,1H3,(H,30,34)/t21-,22+/m0/s1. The third-order valence-electron chi connectivity index (χ3n) is 7.11. The van der Waals surface area contributed by atoms with Gasteiger partial charge in [-0.3, -0.25) is 14.7 Å². The van der Waals surface area contributed by atoms with Gasteiger partial charge in [-0.25, -0.2) is 0 Å². The molecule has 1 aromatic carbocycles. The summed E-state index contributed by atoms with van der Waals surface area (Å²) >= 11 is 0. The Morgan fingerprint density at radius 1 is 1.24 bits per heavy atom. The van der Waals surface area contributed by atoms with Gasteiger partial charge in [0.2, 0.25) is 5.91 Å². The largest absolute Gasteiger partial charge is 0.417 e. The molecule has 2 atom stereocenters. The van der Waals surface area contributed by atoms with Crippen molar-refractivity contribution in [2.45, 2.75) is 25.6 Å². The van der Waals surface area contributed by atoms with Gasteiger partial charge in [-0.05, 0) is 67.6 Å². The Balaban J connectivity index is 1.48. The monoisotopic (exact) mass is 471 g/mol. The molecule has 2 saturated heterocycles. The van der Waals surface area contributed by atoms with E-state index < -0.39 is 17.3 Å². The van der Waals surface area contributed by atoms with E-state index in [1.54, 1.807) is 25.4 Å². The van der Waals surface area contributed by atoms with Gasteiger partial charge in [0, 0.05) is 44.8 Å². The molecule has 2 aromatic rings. The first-order chi connectivity index (χ1) is 16.3. The molecule has 2 aliphatic rings. The van der Waals surface area contributed by atoms with Crippen LogP contribution in [0.3, 0.4) is 0 Å². The Morgan fingerprint density at radius 2 is 2.00 bits per heavy atom. The van der Waals surface area contributed by atoms with Crippen LogP contribution in [0.15, 0.2) is 42.7 Å². The number of amides is 1. The minimum atomic E-state index is -4.61. The Labute approximate surface area is 197 Å². The van der Waals surface area contributed by atoms with Crippen molar-refractivity contribution in [1.82, 2.24) is 15.2 Å². The number of halogens is 3. The highest BCUT2D eigenvalue weighted by molar-refractivity contribution is 5.80. The van der Waals surface area contributed by atoms with Crippen LogP contribution in [-0.4, -0.2) is 49.0 Å². The molecule has 0 bridgehead atoms. The number of nitriles is 1. The number of rotatable bonds is 5. The summed E-state index contributed by atoms with van der Waals surface area (Å²) < 4.78 is 40.4. The molecule has 1 amide bonds. The minimum Gasteiger partial charge on any atom is -0.370 e. The number of hydrogen-bond acceptors (Lipinski definition) is 5. The van der Waals surface area contributed by atoms with Crippen LogP contribution < -0.4 is 10.2 Å². The highest BCUT2D eigenvalue weighted by Crippen LogP contribution is 2.40. The van der Waals surface area contributed by atoms with Gasteiger partial charge in [-0.1, -0.05) is 6.07 Å². The molecule has 1 aromatic heterocycles. The highest BCUT2D eigenvalue weighted by Gasteiger charge is 2.43. The molecule has 0 unspecified atom stereocenters. The Kier molecular flexibility index (Phi) is 7.08. The topological polar surface area (TPSA) is 72.3 Å². The van der Waals surface area contributed by atoms with Crippen LogP contribution in [-0.2, 0) is 17.5 Å². The smallest absolute Gasteiger partial charge is 0.370 e. The normalized spacial score (nSPS) is 21.9. The molecule has 3 heterocycles. The molecule has 6 nitrogen and oxygen atoms in total. The number of aromatic nitrogens is 1. The summed E-state index contributed by atoms with van der Waals surface area (Å²) in [6.45, 7) is 3.54. The number of benzene rings is 1. The first kappa shape index (κ1) is 24.0. The van der Waals surface area contributed by atoms with Gasteiger partial charge in [0.15, 0.2) is 0 Å². The fourth-order valence-corrected chi connectivity index (χ4v) is 5.33. The van der Waals surface area contributed by atoms with E-state index in [9.17, 15) is 18.0 Å². The van der Waals surface area contributed by atoms with Crippen LogP contribution >= 0.6 is 0 Å². The molecule has 0 radical (unpaired) electrons. The summed E-state index contributed by atoms with van der Waals surface area (Å²) in [5, 5.41) is 11.8. The minimum absolute atomic E-state index is 0.0606. The van der Waals surface area contributed by atoms with E-state index in [2.05, 4.69) is 21.3 Å². The lowest BCUT2D eigenvalue weighted by Crippen LogP contribution is -2.40. The number of piperidine rings is 1. The molecular weight excluding hydrogens is 443 g/mol. The van der Waals surface area contributed by atoms with Crippen molar-refractivity contribution in [3.05, 3.63) is 59.4 Å². The Hall–Kier alpha value is -3.12. The third-order valence-corrected chi connectivity index (χ3v) is 7.11. The predicted molar refractivity (Wildman–Crippen MR) is 122 cm³/mol. The van der Waals surface area contributed by atoms with Crippen molar-refractivity contribution in [2.24, 2.45) is 17.8 Å². The van der Waals surface area contributed by atoms with E-state index in [1.165, 1.54) is 6.07 Å². The van der Waals surface area contributed by atoms with Gasteiger partial charge in [0.1, 0.15) is 0 Å². The maximum atomic E-state index is 13.5. The fourth-order valence-electron chi connectivity index (χ4n) is 5.33. The number of carbonyl (C=O) groups is 1. The first-order valence-electron chi connectivity index (χ1n) is 11.5. The molecule has 180 valence electrons. The van der Waals surface area contributed by atoms with Crippen molar-refractivity contribution >= 4 is 11.6 Å². The number of alkyl halides is 3. The lowest BCUT2D eigenvalue weighted by atomic mass is 9.78. The zero-order valence-electron chi connectivity index (χ0n) is 19.1. The van der Waals surface area contributed by atoms with Crippen LogP contribution in [0.2, 0.25) is 0 Å². The number of carbonyl (C=O) groups excluding carboxylic acids is 1. The maximum absolute atomic E-state index is 13.5. The van der Waals surface area contributed by atoms with Gasteiger partial charge >= 0.3 is 6.18 Å². The van der Waals surface area contributed by atoms with E-state index in [1.807, 2.05) is 17.2 Å². The number of hydrogen-bond donors (Lipinski definition) is 1. The average molecular weight is 472 g/mol. The van der Waals surface area contributed by atoms with Crippen LogP contribution in [0.25, 0.3) is 0 Å². The van der Waals surface area contributed by atoms with Gasteiger partial charge in [-0.2, -0.15) is 18.4 Å². The Morgan fingerprint density at radius 3 is 2.62 bits per heavy atom. The highest BCUT2D eigenvalue weighted by atomic mass is 19.4. The van der Waals surface area contributed by atoms with E-state index >= 15 is 0 Å². The number of likely N-dealkylation sites (tertiary alicyclic amines) is 1. The molecule has 0 spiro atoms. The molecule has 1 N–H and O–H groups in total. The lowest BCUT2D eigenvalue weighted by Gasteiger charge is -2.36. The summed E-state index contributed by atoms with van der Waals surface area (Å²) in [7, 11) is 1.60. The molecule has 9 heteroatoms.